The molecule has 1 saturated carbocycles. The van der Waals surface area contributed by atoms with Gasteiger partial charge < -0.3 is 0 Å². The lowest BCUT2D eigenvalue weighted by Gasteiger charge is -2.23. The Hall–Kier alpha value is -0.310. The summed E-state index contributed by atoms with van der Waals surface area (Å²) in [6.45, 7) is -1.47. The van der Waals surface area contributed by atoms with Crippen LogP contribution in [0, 0.1) is 0 Å². The third-order valence-corrected chi connectivity index (χ3v) is 6.21. The highest BCUT2D eigenvalue weighted by molar-refractivity contribution is 9.10. The second-order valence-corrected chi connectivity index (χ2v) is 7.78. The predicted molar refractivity (Wildman–Crippen MR) is 76.7 cm³/mol. The molecule has 0 radical (unpaired) electrons. The van der Waals surface area contributed by atoms with Crippen molar-refractivity contribution in [2.24, 2.45) is 0 Å². The molecule has 2 rings (SSSR count). The van der Waals surface area contributed by atoms with E-state index < -0.39 is 28.8 Å². The van der Waals surface area contributed by atoms with Gasteiger partial charge in [0.15, 0.2) is 0 Å². The van der Waals surface area contributed by atoms with Crippen LogP contribution < -0.4 is 0 Å². The van der Waals surface area contributed by atoms with Crippen LogP contribution in [0.2, 0.25) is 0 Å². The Kier molecular flexibility index (Phi) is 4.92. The summed E-state index contributed by atoms with van der Waals surface area (Å²) >= 11 is 8.74. The Morgan fingerprint density at radius 3 is 2.38 bits per heavy atom. The van der Waals surface area contributed by atoms with Crippen LogP contribution in [0.5, 0.6) is 0 Å². The van der Waals surface area contributed by atoms with Gasteiger partial charge >= 0.3 is 6.18 Å². The van der Waals surface area contributed by atoms with E-state index in [2.05, 4.69) is 15.9 Å². The standard InChI is InChI=1S/C12H12BrClF3NO2S/c13-10-5-8(6-14)1-4-11(10)21(19,20)18(9-2-3-9)7-12(15,16)17/h1,4-5,9H,2-3,6-7H2. The van der Waals surface area contributed by atoms with Crippen LogP contribution in [-0.2, 0) is 15.9 Å². The van der Waals surface area contributed by atoms with E-state index in [9.17, 15) is 21.6 Å². The summed E-state index contributed by atoms with van der Waals surface area (Å²) in [5.74, 6) is 0.188. The van der Waals surface area contributed by atoms with E-state index in [-0.39, 0.29) is 15.2 Å². The van der Waals surface area contributed by atoms with Crippen molar-refractivity contribution in [3.8, 4) is 0 Å². The van der Waals surface area contributed by atoms with E-state index in [0.29, 0.717) is 22.7 Å². The fourth-order valence-electron chi connectivity index (χ4n) is 1.91. The van der Waals surface area contributed by atoms with Gasteiger partial charge in [-0.05, 0) is 46.5 Å². The largest absolute Gasteiger partial charge is 0.402 e. The lowest BCUT2D eigenvalue weighted by Crippen LogP contribution is -2.40. The van der Waals surface area contributed by atoms with Crippen molar-refractivity contribution in [1.82, 2.24) is 4.31 Å². The zero-order valence-corrected chi connectivity index (χ0v) is 13.9. The first kappa shape index (κ1) is 17.1. The Bertz CT molecular complexity index is 632. The zero-order valence-electron chi connectivity index (χ0n) is 10.7. The molecule has 0 aliphatic heterocycles. The smallest absolute Gasteiger partial charge is 0.207 e. The van der Waals surface area contributed by atoms with Gasteiger partial charge in [-0.1, -0.05) is 6.07 Å². The van der Waals surface area contributed by atoms with Crippen LogP contribution >= 0.6 is 27.5 Å². The highest BCUT2D eigenvalue weighted by Crippen LogP contribution is 2.36. The molecule has 0 N–H and O–H groups in total. The van der Waals surface area contributed by atoms with Crippen molar-refractivity contribution in [3.05, 3.63) is 28.2 Å². The number of hydrogen-bond donors (Lipinski definition) is 0. The number of benzene rings is 1. The Morgan fingerprint density at radius 2 is 1.95 bits per heavy atom. The lowest BCUT2D eigenvalue weighted by atomic mass is 10.2. The molecule has 0 spiro atoms. The second-order valence-electron chi connectivity index (χ2n) is 4.80. The Balaban J connectivity index is 2.39. The average molecular weight is 407 g/mol. The summed E-state index contributed by atoms with van der Waals surface area (Å²) in [4.78, 5) is -0.174. The van der Waals surface area contributed by atoms with Crippen molar-refractivity contribution in [2.45, 2.75) is 35.8 Å². The average Bonchev–Trinajstić information content (AvgIpc) is 3.18. The van der Waals surface area contributed by atoms with Crippen molar-refractivity contribution in [1.29, 1.82) is 0 Å². The summed E-state index contributed by atoms with van der Waals surface area (Å²) in [5.41, 5.74) is 0.677. The van der Waals surface area contributed by atoms with Crippen LogP contribution in [0.4, 0.5) is 13.2 Å². The van der Waals surface area contributed by atoms with Gasteiger partial charge in [-0.2, -0.15) is 17.5 Å². The predicted octanol–water partition coefficient (Wildman–Crippen LogP) is 3.90. The molecule has 0 amide bonds. The maximum absolute atomic E-state index is 12.6. The zero-order chi connectivity index (χ0) is 15.8. The van der Waals surface area contributed by atoms with E-state index >= 15 is 0 Å². The number of hydrogen-bond acceptors (Lipinski definition) is 2. The number of rotatable bonds is 5. The van der Waals surface area contributed by atoms with Crippen molar-refractivity contribution < 1.29 is 21.6 Å². The minimum atomic E-state index is -4.57. The van der Waals surface area contributed by atoms with Crippen LogP contribution in [-0.4, -0.2) is 31.5 Å². The quantitative estimate of drug-likeness (QED) is 0.696. The SMILES string of the molecule is O=S(=O)(c1ccc(CCl)cc1Br)N(CC(F)(F)F)C1CC1. The third kappa shape index (κ3) is 4.12. The fraction of sp³-hybridized carbons (Fsp3) is 0.500. The Labute approximate surface area is 134 Å². The maximum atomic E-state index is 12.6. The first-order valence-corrected chi connectivity index (χ1v) is 8.85. The van der Waals surface area contributed by atoms with E-state index in [1.807, 2.05) is 0 Å². The number of sulfonamides is 1. The molecule has 1 fully saturated rings. The molecule has 1 aromatic rings. The minimum Gasteiger partial charge on any atom is -0.207 e. The molecule has 118 valence electrons. The van der Waals surface area contributed by atoms with E-state index in [4.69, 9.17) is 11.6 Å². The van der Waals surface area contributed by atoms with Crippen LogP contribution in [0.25, 0.3) is 0 Å². The highest BCUT2D eigenvalue weighted by atomic mass is 79.9. The van der Waals surface area contributed by atoms with E-state index in [0.717, 1.165) is 0 Å². The molecule has 0 atom stereocenters. The molecule has 1 aromatic carbocycles. The van der Waals surface area contributed by atoms with Crippen molar-refractivity contribution in [2.75, 3.05) is 6.54 Å². The van der Waals surface area contributed by atoms with Gasteiger partial charge in [-0.25, -0.2) is 8.42 Å². The molecule has 0 bridgehead atoms. The monoisotopic (exact) mass is 405 g/mol. The van der Waals surface area contributed by atoms with Gasteiger partial charge in [0.1, 0.15) is 6.54 Å². The first-order valence-electron chi connectivity index (χ1n) is 6.08. The normalized spacial score (nSPS) is 16.5. The van der Waals surface area contributed by atoms with E-state index in [1.54, 1.807) is 0 Å². The van der Waals surface area contributed by atoms with Gasteiger partial charge in [0, 0.05) is 16.4 Å². The molecule has 0 heterocycles. The molecule has 1 aliphatic carbocycles. The van der Waals surface area contributed by atoms with Crippen LogP contribution in [0.1, 0.15) is 18.4 Å². The molecule has 3 nitrogen and oxygen atoms in total. The molecule has 21 heavy (non-hydrogen) atoms. The summed E-state index contributed by atoms with van der Waals surface area (Å²) < 4.78 is 63.6. The van der Waals surface area contributed by atoms with Gasteiger partial charge in [-0.15, -0.1) is 11.6 Å². The minimum absolute atomic E-state index is 0.174. The number of halogens is 5. The lowest BCUT2D eigenvalue weighted by molar-refractivity contribution is -0.137. The van der Waals surface area contributed by atoms with Crippen LogP contribution in [0.3, 0.4) is 0 Å². The molecular weight excluding hydrogens is 395 g/mol. The summed E-state index contributed by atoms with van der Waals surface area (Å²) in [5, 5.41) is 0. The second kappa shape index (κ2) is 6.06. The highest BCUT2D eigenvalue weighted by Gasteiger charge is 2.45. The summed E-state index contributed by atoms with van der Waals surface area (Å²) in [6, 6.07) is 3.70. The van der Waals surface area contributed by atoms with E-state index in [1.165, 1.54) is 18.2 Å². The first-order chi connectivity index (χ1) is 9.65. The molecular formula is C12H12BrClF3NO2S. The van der Waals surface area contributed by atoms with Crippen molar-refractivity contribution in [3.63, 3.8) is 0 Å². The molecule has 9 heteroatoms. The van der Waals surface area contributed by atoms with Gasteiger partial charge in [0.05, 0.1) is 4.90 Å². The van der Waals surface area contributed by atoms with Crippen molar-refractivity contribution >= 4 is 37.6 Å². The molecule has 0 unspecified atom stereocenters. The van der Waals surface area contributed by atoms with Gasteiger partial charge in [-0.3, -0.25) is 0 Å². The summed E-state index contributed by atoms with van der Waals surface area (Å²) in [6.07, 6.45) is -3.67. The maximum Gasteiger partial charge on any atom is 0.402 e. The Morgan fingerprint density at radius 1 is 1.33 bits per heavy atom. The van der Waals surface area contributed by atoms with Crippen LogP contribution in [0.15, 0.2) is 27.6 Å². The third-order valence-electron chi connectivity index (χ3n) is 3.03. The molecule has 1 aliphatic rings. The van der Waals surface area contributed by atoms with Gasteiger partial charge in [0.25, 0.3) is 0 Å². The summed E-state index contributed by atoms with van der Waals surface area (Å²) in [7, 11) is -4.20. The van der Waals surface area contributed by atoms with Gasteiger partial charge in [0.2, 0.25) is 10.0 Å². The number of nitrogens with zero attached hydrogens (tertiary/aromatic N) is 1. The molecule has 0 aromatic heterocycles. The topological polar surface area (TPSA) is 37.4 Å². The fourth-order valence-corrected chi connectivity index (χ4v) is 4.84. The molecule has 0 saturated heterocycles. The number of alkyl halides is 4.